The molecule has 0 aliphatic rings. The van der Waals surface area contributed by atoms with Crippen LogP contribution in [0.15, 0.2) is 35.1 Å². The van der Waals surface area contributed by atoms with Gasteiger partial charge in [0.2, 0.25) is 5.91 Å². The van der Waals surface area contributed by atoms with Gasteiger partial charge in [0.15, 0.2) is 5.52 Å². The third-order valence-corrected chi connectivity index (χ3v) is 3.56. The number of fused-ring (bicyclic) bond motifs is 1. The molecule has 25 heavy (non-hydrogen) atoms. The van der Waals surface area contributed by atoms with E-state index < -0.39 is 0 Å². The molecule has 0 aliphatic carbocycles. The van der Waals surface area contributed by atoms with Gasteiger partial charge in [-0.3, -0.25) is 14.7 Å². The summed E-state index contributed by atoms with van der Waals surface area (Å²) in [7, 11) is 0. The third-order valence-electron chi connectivity index (χ3n) is 3.56. The predicted octanol–water partition coefficient (Wildman–Crippen LogP) is 2.05. The minimum Gasteiger partial charge on any atom is -0.370 e. The number of nitrogens with two attached hydrogens (primary N) is 1. The van der Waals surface area contributed by atoms with E-state index in [1.807, 2.05) is 18.2 Å². The predicted molar refractivity (Wildman–Crippen MR) is 97.3 cm³/mol. The van der Waals surface area contributed by atoms with Crippen LogP contribution in [0.2, 0.25) is 0 Å². The van der Waals surface area contributed by atoms with Gasteiger partial charge in [-0.15, -0.1) is 0 Å². The molecule has 2 heterocycles. The molecule has 3 rings (SSSR count). The van der Waals surface area contributed by atoms with Crippen LogP contribution in [0.4, 0.5) is 0 Å². The van der Waals surface area contributed by atoms with Crippen molar-refractivity contribution in [2.24, 2.45) is 5.73 Å². The fourth-order valence-corrected chi connectivity index (χ4v) is 2.40. The molecule has 7 heteroatoms. The molecular formula is C18H23N5O2. The maximum atomic E-state index is 12.1. The summed E-state index contributed by atoms with van der Waals surface area (Å²) >= 11 is 0. The zero-order valence-corrected chi connectivity index (χ0v) is 14.7. The van der Waals surface area contributed by atoms with E-state index in [1.54, 1.807) is 0 Å². The van der Waals surface area contributed by atoms with Gasteiger partial charge in [-0.25, -0.2) is 4.98 Å². The van der Waals surface area contributed by atoms with Crippen LogP contribution in [0.25, 0.3) is 11.0 Å². The zero-order chi connectivity index (χ0) is 18.4. The van der Waals surface area contributed by atoms with E-state index in [0.29, 0.717) is 23.3 Å². The molecule has 0 unspecified atom stereocenters. The van der Waals surface area contributed by atoms with Gasteiger partial charge in [0.05, 0.1) is 5.69 Å². The van der Waals surface area contributed by atoms with Crippen molar-refractivity contribution >= 4 is 16.9 Å². The second-order valence-electron chi connectivity index (χ2n) is 6.10. The molecule has 0 bridgehead atoms. The number of carbonyl (C=O) groups excluding carboxylic acids is 1. The molecule has 0 spiro atoms. The lowest BCUT2D eigenvalue weighted by Crippen LogP contribution is -2.12. The number of aryl methyl sites for hydroxylation is 2. The number of aromatic amines is 2. The smallest absolute Gasteiger partial charge is 0.279 e. The average Bonchev–Trinajstić information content (AvgIpc) is 2.98. The van der Waals surface area contributed by atoms with Crippen LogP contribution in [0.1, 0.15) is 43.8 Å². The van der Waals surface area contributed by atoms with Crippen molar-refractivity contribution in [1.29, 1.82) is 0 Å². The lowest BCUT2D eigenvalue weighted by Gasteiger charge is -2.04. The quantitative estimate of drug-likeness (QED) is 0.673. The maximum Gasteiger partial charge on any atom is 0.279 e. The molecule has 1 amide bonds. The molecule has 4 N–H and O–H groups in total. The topological polar surface area (TPSA) is 118 Å². The summed E-state index contributed by atoms with van der Waals surface area (Å²) in [5.41, 5.74) is 7.53. The first-order chi connectivity index (χ1) is 11.9. The molecule has 0 radical (unpaired) electrons. The minimum atomic E-state index is -0.333. The van der Waals surface area contributed by atoms with Crippen LogP contribution in [0, 0.1) is 0 Å². The van der Waals surface area contributed by atoms with Gasteiger partial charge in [0.25, 0.3) is 5.56 Å². The summed E-state index contributed by atoms with van der Waals surface area (Å²) in [6.45, 7) is 5.42. The second-order valence-corrected chi connectivity index (χ2v) is 6.10. The number of aromatic nitrogens is 4. The number of hydrogen-bond acceptors (Lipinski definition) is 4. The normalized spacial score (nSPS) is 10.6. The molecule has 0 aliphatic heterocycles. The number of benzene rings is 1. The Bertz CT molecular complexity index is 893. The first-order valence-electron chi connectivity index (χ1n) is 8.15. The molecule has 0 saturated carbocycles. The highest BCUT2D eigenvalue weighted by Crippen LogP contribution is 2.18. The van der Waals surface area contributed by atoms with Crippen molar-refractivity contribution in [3.63, 3.8) is 0 Å². The molecular weight excluding hydrogens is 318 g/mol. The van der Waals surface area contributed by atoms with E-state index in [2.05, 4.69) is 51.9 Å². The first kappa shape index (κ1) is 18.4. The van der Waals surface area contributed by atoms with Crippen LogP contribution in [0.5, 0.6) is 0 Å². The Morgan fingerprint density at radius 1 is 1.16 bits per heavy atom. The Morgan fingerprint density at radius 3 is 2.40 bits per heavy atom. The molecule has 3 aromatic rings. The summed E-state index contributed by atoms with van der Waals surface area (Å²) in [6, 6.07) is 10.2. The van der Waals surface area contributed by atoms with Gasteiger partial charge < -0.3 is 10.7 Å². The van der Waals surface area contributed by atoms with Crippen LogP contribution in [-0.4, -0.2) is 26.1 Å². The summed E-state index contributed by atoms with van der Waals surface area (Å²) in [6.07, 6.45) is 1.56. The molecule has 0 atom stereocenters. The molecule has 0 fully saturated rings. The summed E-state index contributed by atoms with van der Waals surface area (Å²) < 4.78 is 0. The summed E-state index contributed by atoms with van der Waals surface area (Å²) in [4.78, 5) is 28.7. The fourth-order valence-electron chi connectivity index (χ4n) is 2.40. The van der Waals surface area contributed by atoms with E-state index in [4.69, 9.17) is 0 Å². The van der Waals surface area contributed by atoms with Crippen molar-refractivity contribution in [2.75, 3.05) is 0 Å². The molecule has 1 aromatic carbocycles. The highest BCUT2D eigenvalue weighted by molar-refractivity contribution is 5.76. The number of primary amides is 1. The Hall–Kier alpha value is -2.96. The molecule has 7 nitrogen and oxygen atoms in total. The Labute approximate surface area is 145 Å². The number of H-pyrrole nitrogens is 2. The Morgan fingerprint density at radius 2 is 1.80 bits per heavy atom. The van der Waals surface area contributed by atoms with Gasteiger partial charge in [0.1, 0.15) is 11.3 Å². The average molecular weight is 341 g/mol. The lowest BCUT2D eigenvalue weighted by atomic mass is 10.1. The highest BCUT2D eigenvalue weighted by atomic mass is 16.1. The van der Waals surface area contributed by atoms with Crippen molar-refractivity contribution < 1.29 is 4.79 Å². The van der Waals surface area contributed by atoms with E-state index >= 15 is 0 Å². The van der Waals surface area contributed by atoms with Gasteiger partial charge >= 0.3 is 0 Å². The van der Waals surface area contributed by atoms with Crippen molar-refractivity contribution in [3.8, 4) is 0 Å². The number of nitrogens with zero attached hydrogens (tertiary/aromatic N) is 2. The van der Waals surface area contributed by atoms with Crippen LogP contribution in [-0.2, 0) is 17.6 Å². The second kappa shape index (κ2) is 8.23. The van der Waals surface area contributed by atoms with E-state index in [9.17, 15) is 9.59 Å². The number of carbonyl (C=O) groups is 1. The first-order valence-corrected chi connectivity index (χ1v) is 8.15. The van der Waals surface area contributed by atoms with Gasteiger partial charge in [0, 0.05) is 13.3 Å². The molecule has 132 valence electrons. The van der Waals surface area contributed by atoms with E-state index in [0.717, 1.165) is 12.1 Å². The van der Waals surface area contributed by atoms with Gasteiger partial charge in [-0.05, 0) is 17.9 Å². The monoisotopic (exact) mass is 341 g/mol. The number of hydrogen-bond donors (Lipinski definition) is 3. The SMILES string of the molecule is CC(C)c1[nH]nc2c(=O)[nH]c(CCc3ccccc3)nc12.CC(N)=O. The highest BCUT2D eigenvalue weighted by Gasteiger charge is 2.14. The van der Waals surface area contributed by atoms with Crippen LogP contribution in [0.3, 0.4) is 0 Å². The third kappa shape index (κ3) is 5.00. The van der Waals surface area contributed by atoms with Crippen molar-refractivity contribution in [2.45, 2.75) is 39.5 Å². The van der Waals surface area contributed by atoms with Crippen molar-refractivity contribution in [3.05, 3.63) is 57.8 Å². The lowest BCUT2D eigenvalue weighted by molar-refractivity contribution is -0.115. The largest absolute Gasteiger partial charge is 0.370 e. The molecule has 0 saturated heterocycles. The van der Waals surface area contributed by atoms with E-state index in [1.165, 1.54) is 12.5 Å². The number of nitrogens with one attached hydrogen (secondary N) is 2. The fraction of sp³-hybridized carbons (Fsp3) is 0.333. The summed E-state index contributed by atoms with van der Waals surface area (Å²) in [5.74, 6) is 0.630. The summed E-state index contributed by atoms with van der Waals surface area (Å²) in [5, 5.41) is 6.99. The van der Waals surface area contributed by atoms with Crippen LogP contribution < -0.4 is 11.3 Å². The standard InChI is InChI=1S/C16H18N4O.C2H5NO/c1-10(2)13-14-15(20-19-13)16(21)18-12(17-14)9-8-11-6-4-3-5-7-11;1-2(3)4/h3-7,10H,8-9H2,1-2H3,(H,19,20)(H,17,18,21);1H3,(H2,3,4). The Balaban J connectivity index is 0.000000511. The number of amides is 1. The van der Waals surface area contributed by atoms with E-state index in [-0.39, 0.29) is 17.4 Å². The zero-order valence-electron chi connectivity index (χ0n) is 14.7. The van der Waals surface area contributed by atoms with Gasteiger partial charge in [-0.1, -0.05) is 44.2 Å². The van der Waals surface area contributed by atoms with Gasteiger partial charge in [-0.2, -0.15) is 5.10 Å². The maximum absolute atomic E-state index is 12.1. The molecule has 2 aromatic heterocycles. The minimum absolute atomic E-state index is 0.175. The van der Waals surface area contributed by atoms with Crippen LogP contribution >= 0.6 is 0 Å². The number of rotatable bonds is 4. The van der Waals surface area contributed by atoms with Crippen molar-refractivity contribution in [1.82, 2.24) is 20.2 Å². The Kier molecular flexibility index (Phi) is 6.05.